The van der Waals surface area contributed by atoms with E-state index in [1.54, 1.807) is 13.2 Å². The Morgan fingerprint density at radius 1 is 1.23 bits per heavy atom. The number of hydrogen-bond donors (Lipinski definition) is 2. The summed E-state index contributed by atoms with van der Waals surface area (Å²) in [6.45, 7) is 7.70. The standard InChI is InChI=1S/C23H36F2N4O2/c1-3-9-28-10-6-19(7-11-28)29-16-18(14-22(29)23(30)26-8-12-31-2)27-15-17-4-5-20(24)21(25)13-17/h4-5,13,18-19,22,27H,3,6-12,14-16H2,1-2H3,(H,26,30)/t18-,22-/m0/s1. The van der Waals surface area contributed by atoms with Crippen molar-refractivity contribution < 1.29 is 18.3 Å². The summed E-state index contributed by atoms with van der Waals surface area (Å²) < 4.78 is 31.7. The number of piperidine rings is 1. The minimum absolute atomic E-state index is 0.0464. The first kappa shape index (κ1) is 24.0. The summed E-state index contributed by atoms with van der Waals surface area (Å²) in [5.74, 6) is -1.62. The third kappa shape index (κ3) is 6.68. The van der Waals surface area contributed by atoms with Crippen molar-refractivity contribution in [1.29, 1.82) is 0 Å². The van der Waals surface area contributed by atoms with Gasteiger partial charge in [-0.3, -0.25) is 9.69 Å². The smallest absolute Gasteiger partial charge is 0.237 e. The zero-order chi connectivity index (χ0) is 22.2. The predicted molar refractivity (Wildman–Crippen MR) is 117 cm³/mol. The summed E-state index contributed by atoms with van der Waals surface area (Å²) in [4.78, 5) is 17.8. The average Bonchev–Trinajstić information content (AvgIpc) is 3.20. The van der Waals surface area contributed by atoms with E-state index in [1.165, 1.54) is 6.07 Å². The molecule has 174 valence electrons. The fourth-order valence-corrected chi connectivity index (χ4v) is 4.77. The second-order valence-corrected chi connectivity index (χ2v) is 8.63. The Hall–Kier alpha value is -1.61. The van der Waals surface area contributed by atoms with Crippen LogP contribution in [-0.4, -0.2) is 80.3 Å². The highest BCUT2D eigenvalue weighted by Gasteiger charge is 2.40. The van der Waals surface area contributed by atoms with Crippen molar-refractivity contribution in [3.05, 3.63) is 35.4 Å². The molecule has 31 heavy (non-hydrogen) atoms. The van der Waals surface area contributed by atoms with E-state index >= 15 is 0 Å². The van der Waals surface area contributed by atoms with Crippen LogP contribution in [0.3, 0.4) is 0 Å². The number of hydrogen-bond acceptors (Lipinski definition) is 5. The van der Waals surface area contributed by atoms with Gasteiger partial charge in [-0.25, -0.2) is 8.78 Å². The number of amides is 1. The number of likely N-dealkylation sites (tertiary alicyclic amines) is 2. The number of methoxy groups -OCH3 is 1. The molecule has 0 spiro atoms. The van der Waals surface area contributed by atoms with E-state index in [1.807, 2.05) is 0 Å². The van der Waals surface area contributed by atoms with Crippen molar-refractivity contribution >= 4 is 5.91 Å². The fourth-order valence-electron chi connectivity index (χ4n) is 4.77. The molecule has 6 nitrogen and oxygen atoms in total. The van der Waals surface area contributed by atoms with Gasteiger partial charge in [0.25, 0.3) is 0 Å². The normalized spacial score (nSPS) is 23.4. The molecule has 2 atom stereocenters. The largest absolute Gasteiger partial charge is 0.383 e. The van der Waals surface area contributed by atoms with Gasteiger partial charge in [-0.15, -0.1) is 0 Å². The summed E-state index contributed by atoms with van der Waals surface area (Å²) in [5.41, 5.74) is 0.700. The van der Waals surface area contributed by atoms with Crippen LogP contribution in [0, 0.1) is 11.6 Å². The third-order valence-electron chi connectivity index (χ3n) is 6.39. The van der Waals surface area contributed by atoms with Crippen LogP contribution in [0.2, 0.25) is 0 Å². The molecule has 3 rings (SSSR count). The van der Waals surface area contributed by atoms with Crippen LogP contribution in [0.15, 0.2) is 18.2 Å². The van der Waals surface area contributed by atoms with Gasteiger partial charge < -0.3 is 20.3 Å². The number of benzene rings is 1. The first-order chi connectivity index (χ1) is 15.0. The van der Waals surface area contributed by atoms with Gasteiger partial charge in [-0.2, -0.15) is 0 Å². The Balaban J connectivity index is 1.60. The second kappa shape index (κ2) is 11.9. The molecule has 0 radical (unpaired) electrons. The molecule has 1 aromatic carbocycles. The average molecular weight is 439 g/mol. The van der Waals surface area contributed by atoms with E-state index in [4.69, 9.17) is 4.74 Å². The van der Waals surface area contributed by atoms with Crippen LogP contribution in [-0.2, 0) is 16.1 Å². The van der Waals surface area contributed by atoms with Crippen molar-refractivity contribution in [2.75, 3.05) is 46.4 Å². The number of nitrogens with zero attached hydrogens (tertiary/aromatic N) is 2. The lowest BCUT2D eigenvalue weighted by Gasteiger charge is -2.39. The Kier molecular flexibility index (Phi) is 9.19. The van der Waals surface area contributed by atoms with Crippen LogP contribution < -0.4 is 10.6 Å². The molecule has 1 aromatic rings. The van der Waals surface area contributed by atoms with E-state index in [0.717, 1.165) is 51.5 Å². The van der Waals surface area contributed by atoms with Crippen molar-refractivity contribution in [3.63, 3.8) is 0 Å². The van der Waals surface area contributed by atoms with Crippen molar-refractivity contribution in [2.24, 2.45) is 0 Å². The first-order valence-corrected chi connectivity index (χ1v) is 11.4. The summed E-state index contributed by atoms with van der Waals surface area (Å²) in [5, 5.41) is 6.45. The zero-order valence-electron chi connectivity index (χ0n) is 18.7. The molecule has 0 saturated carbocycles. The van der Waals surface area contributed by atoms with Gasteiger partial charge in [-0.05, 0) is 63.0 Å². The van der Waals surface area contributed by atoms with Crippen LogP contribution in [0.25, 0.3) is 0 Å². The molecule has 2 aliphatic rings. The van der Waals surface area contributed by atoms with Crippen molar-refractivity contribution in [1.82, 2.24) is 20.4 Å². The van der Waals surface area contributed by atoms with Crippen molar-refractivity contribution in [3.8, 4) is 0 Å². The van der Waals surface area contributed by atoms with E-state index in [-0.39, 0.29) is 18.0 Å². The third-order valence-corrected chi connectivity index (χ3v) is 6.39. The molecule has 2 N–H and O–H groups in total. The molecule has 1 amide bonds. The van der Waals surface area contributed by atoms with Crippen LogP contribution in [0.4, 0.5) is 8.78 Å². The SMILES string of the molecule is CCCN1CCC(N2C[C@@H](NCc3ccc(F)c(F)c3)C[C@H]2C(=O)NCCOC)CC1. The maximum absolute atomic E-state index is 13.5. The molecule has 2 heterocycles. The van der Waals surface area contributed by atoms with E-state index in [0.29, 0.717) is 37.7 Å². The number of ether oxygens (including phenoxy) is 1. The molecule has 2 aliphatic heterocycles. The van der Waals surface area contributed by atoms with E-state index < -0.39 is 11.6 Å². The van der Waals surface area contributed by atoms with Gasteiger partial charge in [-0.1, -0.05) is 13.0 Å². The number of carbonyl (C=O) groups is 1. The molecule has 2 saturated heterocycles. The van der Waals surface area contributed by atoms with Gasteiger partial charge >= 0.3 is 0 Å². The van der Waals surface area contributed by atoms with Crippen LogP contribution in [0.5, 0.6) is 0 Å². The summed E-state index contributed by atoms with van der Waals surface area (Å²) >= 11 is 0. The quantitative estimate of drug-likeness (QED) is 0.548. The highest BCUT2D eigenvalue weighted by Crippen LogP contribution is 2.27. The lowest BCUT2D eigenvalue weighted by Crippen LogP contribution is -2.51. The molecule has 0 aliphatic carbocycles. The molecular formula is C23H36F2N4O2. The first-order valence-electron chi connectivity index (χ1n) is 11.4. The van der Waals surface area contributed by atoms with Gasteiger partial charge in [0.2, 0.25) is 5.91 Å². The van der Waals surface area contributed by atoms with Gasteiger partial charge in [0.05, 0.1) is 12.6 Å². The van der Waals surface area contributed by atoms with Gasteiger partial charge in [0, 0.05) is 38.8 Å². The fraction of sp³-hybridized carbons (Fsp3) is 0.696. The summed E-state index contributed by atoms with van der Waals surface area (Å²) in [6, 6.07) is 4.32. The summed E-state index contributed by atoms with van der Waals surface area (Å²) in [6.07, 6.45) is 4.00. The Labute approximate surface area is 184 Å². The lowest BCUT2D eigenvalue weighted by atomic mass is 10.0. The number of rotatable bonds is 10. The Morgan fingerprint density at radius 2 is 2.00 bits per heavy atom. The molecule has 8 heteroatoms. The van der Waals surface area contributed by atoms with Gasteiger partial charge in [0.15, 0.2) is 11.6 Å². The minimum atomic E-state index is -0.835. The van der Waals surface area contributed by atoms with Crippen molar-refractivity contribution in [2.45, 2.75) is 57.3 Å². The Bertz CT molecular complexity index is 713. The maximum Gasteiger partial charge on any atom is 0.237 e. The maximum atomic E-state index is 13.5. The van der Waals surface area contributed by atoms with Crippen LogP contribution in [0.1, 0.15) is 38.2 Å². The molecular weight excluding hydrogens is 402 g/mol. The van der Waals surface area contributed by atoms with Gasteiger partial charge in [0.1, 0.15) is 0 Å². The highest BCUT2D eigenvalue weighted by molar-refractivity contribution is 5.82. The zero-order valence-corrected chi connectivity index (χ0v) is 18.7. The highest BCUT2D eigenvalue weighted by atomic mass is 19.2. The molecule has 0 bridgehead atoms. The monoisotopic (exact) mass is 438 g/mol. The molecule has 0 aromatic heterocycles. The molecule has 2 fully saturated rings. The lowest BCUT2D eigenvalue weighted by molar-refractivity contribution is -0.126. The van der Waals surface area contributed by atoms with E-state index in [2.05, 4.69) is 27.4 Å². The topological polar surface area (TPSA) is 56.8 Å². The summed E-state index contributed by atoms with van der Waals surface area (Å²) in [7, 11) is 1.62. The number of halogens is 2. The molecule has 0 unspecified atom stereocenters. The number of carbonyl (C=O) groups excluding carboxylic acids is 1. The Morgan fingerprint density at radius 3 is 2.68 bits per heavy atom. The minimum Gasteiger partial charge on any atom is -0.383 e. The van der Waals surface area contributed by atoms with Crippen LogP contribution >= 0.6 is 0 Å². The van der Waals surface area contributed by atoms with E-state index in [9.17, 15) is 13.6 Å². The predicted octanol–water partition coefficient (Wildman–Crippen LogP) is 2.13. The number of nitrogens with one attached hydrogen (secondary N) is 2. The second-order valence-electron chi connectivity index (χ2n) is 8.63.